The van der Waals surface area contributed by atoms with Crippen molar-refractivity contribution in [1.29, 1.82) is 0 Å². The van der Waals surface area contributed by atoms with Crippen molar-refractivity contribution in [2.24, 2.45) is 23.5 Å². The molecule has 0 aliphatic heterocycles. The van der Waals surface area contributed by atoms with Crippen molar-refractivity contribution < 1.29 is 14.3 Å². The Hall–Kier alpha value is -1.10. The number of carbonyl (C=O) groups excluding carboxylic acids is 2. The number of carbonyl (C=O) groups is 2. The van der Waals surface area contributed by atoms with E-state index in [9.17, 15) is 9.59 Å². The van der Waals surface area contributed by atoms with Gasteiger partial charge in [-0.25, -0.2) is 0 Å². The fraction of sp³-hybridized carbons (Fsp3) is 0.867. The molecular formula is C15H26N2O3. The predicted molar refractivity (Wildman–Crippen MR) is 75.8 cm³/mol. The second-order valence-corrected chi connectivity index (χ2v) is 6.39. The van der Waals surface area contributed by atoms with Gasteiger partial charge in [0.2, 0.25) is 5.91 Å². The Labute approximate surface area is 120 Å². The van der Waals surface area contributed by atoms with Crippen LogP contribution in [0, 0.1) is 17.8 Å². The Kier molecular flexibility index (Phi) is 5.02. The van der Waals surface area contributed by atoms with Gasteiger partial charge in [-0.2, -0.15) is 0 Å². The van der Waals surface area contributed by atoms with E-state index in [4.69, 9.17) is 5.73 Å². The third-order valence-corrected chi connectivity index (χ3v) is 4.87. The fourth-order valence-corrected chi connectivity index (χ4v) is 3.75. The van der Waals surface area contributed by atoms with E-state index in [2.05, 4.69) is 10.1 Å². The molecule has 0 saturated heterocycles. The van der Waals surface area contributed by atoms with Crippen LogP contribution in [0.25, 0.3) is 0 Å². The molecule has 1 amide bonds. The van der Waals surface area contributed by atoms with E-state index in [1.54, 1.807) is 0 Å². The number of nitrogens with one attached hydrogen (secondary N) is 1. The molecule has 2 aliphatic carbocycles. The summed E-state index contributed by atoms with van der Waals surface area (Å²) in [4.78, 5) is 23.5. The Morgan fingerprint density at radius 1 is 1.30 bits per heavy atom. The zero-order chi connectivity index (χ0) is 14.7. The summed E-state index contributed by atoms with van der Waals surface area (Å²) < 4.78 is 4.62. The van der Waals surface area contributed by atoms with Gasteiger partial charge in [0, 0.05) is 18.0 Å². The number of hydrogen-bond acceptors (Lipinski definition) is 4. The second-order valence-electron chi connectivity index (χ2n) is 6.39. The molecule has 2 aliphatic rings. The molecule has 0 aromatic carbocycles. The molecule has 0 aromatic rings. The fourth-order valence-electron chi connectivity index (χ4n) is 3.75. The summed E-state index contributed by atoms with van der Waals surface area (Å²) in [5.41, 5.74) is 6.24. The van der Waals surface area contributed by atoms with Crippen LogP contribution in [-0.2, 0) is 14.3 Å². The molecule has 2 fully saturated rings. The molecule has 5 heteroatoms. The van der Waals surface area contributed by atoms with Crippen LogP contribution >= 0.6 is 0 Å². The van der Waals surface area contributed by atoms with E-state index >= 15 is 0 Å². The zero-order valence-corrected chi connectivity index (χ0v) is 12.4. The van der Waals surface area contributed by atoms with Crippen molar-refractivity contribution >= 4 is 11.9 Å². The quantitative estimate of drug-likeness (QED) is 0.759. The standard InChI is InChI=1S/C15H26N2O3/c1-9(6-13(18)20-2)17-15(19)12-7-10-4-3-5-11(8-12)14(10)16/h9-12,14H,3-8,16H2,1-2H3,(H,17,19). The first-order chi connectivity index (χ1) is 9.51. The molecule has 5 nitrogen and oxygen atoms in total. The Balaban J connectivity index is 1.85. The van der Waals surface area contributed by atoms with E-state index in [1.165, 1.54) is 13.5 Å². The highest BCUT2D eigenvalue weighted by Gasteiger charge is 2.40. The van der Waals surface area contributed by atoms with Crippen LogP contribution in [0.15, 0.2) is 0 Å². The van der Waals surface area contributed by atoms with Gasteiger partial charge >= 0.3 is 5.97 Å². The van der Waals surface area contributed by atoms with Crippen molar-refractivity contribution in [3.05, 3.63) is 0 Å². The molecule has 2 bridgehead atoms. The summed E-state index contributed by atoms with van der Waals surface area (Å²) in [7, 11) is 1.36. The molecule has 0 radical (unpaired) electrons. The molecular weight excluding hydrogens is 256 g/mol. The molecule has 3 N–H and O–H groups in total. The summed E-state index contributed by atoms with van der Waals surface area (Å²) in [5, 5.41) is 2.94. The minimum absolute atomic E-state index is 0.0604. The largest absolute Gasteiger partial charge is 0.469 e. The first-order valence-corrected chi connectivity index (χ1v) is 7.64. The first kappa shape index (κ1) is 15.3. The highest BCUT2D eigenvalue weighted by Crippen LogP contribution is 2.41. The van der Waals surface area contributed by atoms with Crippen LogP contribution in [0.1, 0.15) is 45.4 Å². The highest BCUT2D eigenvalue weighted by atomic mass is 16.5. The molecule has 2 rings (SSSR count). The lowest BCUT2D eigenvalue weighted by molar-refractivity contribution is -0.141. The molecule has 20 heavy (non-hydrogen) atoms. The molecule has 2 saturated carbocycles. The lowest BCUT2D eigenvalue weighted by Crippen LogP contribution is -2.50. The summed E-state index contributed by atoms with van der Waals surface area (Å²) in [5.74, 6) is 0.832. The van der Waals surface area contributed by atoms with Crippen molar-refractivity contribution in [3.63, 3.8) is 0 Å². The Morgan fingerprint density at radius 3 is 2.45 bits per heavy atom. The lowest BCUT2D eigenvalue weighted by atomic mass is 9.65. The number of amides is 1. The number of nitrogens with two attached hydrogens (primary N) is 1. The van der Waals surface area contributed by atoms with Gasteiger partial charge < -0.3 is 15.8 Å². The van der Waals surface area contributed by atoms with Gasteiger partial charge in [-0.3, -0.25) is 9.59 Å². The Morgan fingerprint density at radius 2 is 1.90 bits per heavy atom. The van der Waals surface area contributed by atoms with Gasteiger partial charge in [0.15, 0.2) is 0 Å². The molecule has 3 atom stereocenters. The molecule has 0 heterocycles. The summed E-state index contributed by atoms with van der Waals surface area (Å²) >= 11 is 0. The average molecular weight is 282 g/mol. The molecule has 114 valence electrons. The summed E-state index contributed by atoms with van der Waals surface area (Å²) in [6.07, 6.45) is 5.57. The monoisotopic (exact) mass is 282 g/mol. The number of fused-ring (bicyclic) bond motifs is 2. The maximum Gasteiger partial charge on any atom is 0.307 e. The number of rotatable bonds is 4. The van der Waals surface area contributed by atoms with Gasteiger partial charge in [-0.15, -0.1) is 0 Å². The van der Waals surface area contributed by atoms with Gasteiger partial charge in [0.1, 0.15) is 0 Å². The highest BCUT2D eigenvalue weighted by molar-refractivity contribution is 5.80. The van der Waals surface area contributed by atoms with Crippen LogP contribution in [-0.4, -0.2) is 31.1 Å². The van der Waals surface area contributed by atoms with E-state index in [0.717, 1.165) is 25.7 Å². The van der Waals surface area contributed by atoms with Crippen molar-refractivity contribution in [2.45, 2.75) is 57.5 Å². The van der Waals surface area contributed by atoms with Gasteiger partial charge in [-0.05, 0) is 44.4 Å². The SMILES string of the molecule is COC(=O)CC(C)NC(=O)C1CC2CCCC(C1)C2N. The number of ether oxygens (including phenoxy) is 1. The third kappa shape index (κ3) is 3.51. The van der Waals surface area contributed by atoms with Crippen LogP contribution in [0.2, 0.25) is 0 Å². The van der Waals surface area contributed by atoms with Gasteiger partial charge in [-0.1, -0.05) is 6.42 Å². The van der Waals surface area contributed by atoms with Crippen LogP contribution in [0.3, 0.4) is 0 Å². The maximum atomic E-state index is 12.3. The van der Waals surface area contributed by atoms with E-state index in [-0.39, 0.29) is 36.3 Å². The number of hydrogen-bond donors (Lipinski definition) is 2. The minimum Gasteiger partial charge on any atom is -0.469 e. The first-order valence-electron chi connectivity index (χ1n) is 7.64. The maximum absolute atomic E-state index is 12.3. The van der Waals surface area contributed by atoms with Crippen LogP contribution in [0.5, 0.6) is 0 Å². The number of esters is 1. The summed E-state index contributed by atoms with van der Waals surface area (Å²) in [6.45, 7) is 1.84. The van der Waals surface area contributed by atoms with Crippen molar-refractivity contribution in [2.75, 3.05) is 7.11 Å². The van der Waals surface area contributed by atoms with E-state index in [0.29, 0.717) is 11.8 Å². The van der Waals surface area contributed by atoms with Gasteiger partial charge in [0.05, 0.1) is 13.5 Å². The molecule has 0 spiro atoms. The molecule has 0 aromatic heterocycles. The zero-order valence-electron chi connectivity index (χ0n) is 12.4. The predicted octanol–water partition coefficient (Wildman–Crippen LogP) is 1.21. The minimum atomic E-state index is -0.291. The van der Waals surface area contributed by atoms with Crippen LogP contribution in [0.4, 0.5) is 0 Å². The van der Waals surface area contributed by atoms with Crippen LogP contribution < -0.4 is 11.1 Å². The Bertz CT molecular complexity index is 358. The third-order valence-electron chi connectivity index (χ3n) is 4.87. The summed E-state index contributed by atoms with van der Waals surface area (Å²) in [6, 6.07) is 0.102. The smallest absolute Gasteiger partial charge is 0.307 e. The van der Waals surface area contributed by atoms with Crippen molar-refractivity contribution in [3.8, 4) is 0 Å². The molecule has 3 unspecified atom stereocenters. The van der Waals surface area contributed by atoms with Crippen molar-refractivity contribution in [1.82, 2.24) is 5.32 Å². The van der Waals surface area contributed by atoms with E-state index < -0.39 is 0 Å². The lowest BCUT2D eigenvalue weighted by Gasteiger charge is -2.43. The topological polar surface area (TPSA) is 81.4 Å². The second kappa shape index (κ2) is 6.57. The van der Waals surface area contributed by atoms with E-state index in [1.807, 2.05) is 6.92 Å². The normalized spacial score (nSPS) is 34.1. The number of methoxy groups -OCH3 is 1. The van der Waals surface area contributed by atoms with Gasteiger partial charge in [0.25, 0.3) is 0 Å². The average Bonchev–Trinajstić information content (AvgIpc) is 2.37.